The van der Waals surface area contributed by atoms with Crippen molar-refractivity contribution in [1.29, 1.82) is 0 Å². The Morgan fingerprint density at radius 2 is 1.73 bits per heavy atom. The van der Waals surface area contributed by atoms with Gasteiger partial charge in [-0.05, 0) is 49.1 Å². The summed E-state index contributed by atoms with van der Waals surface area (Å²) in [6, 6.07) is 14.6. The summed E-state index contributed by atoms with van der Waals surface area (Å²) in [4.78, 5) is 38.0. The van der Waals surface area contributed by atoms with Crippen molar-refractivity contribution in [3.8, 4) is 0 Å². The van der Waals surface area contributed by atoms with Gasteiger partial charge in [-0.1, -0.05) is 36.4 Å². The van der Waals surface area contributed by atoms with Crippen molar-refractivity contribution in [2.45, 2.75) is 39.4 Å². The van der Waals surface area contributed by atoms with Crippen LogP contribution in [0.3, 0.4) is 0 Å². The molecule has 7 nitrogen and oxygen atoms in total. The summed E-state index contributed by atoms with van der Waals surface area (Å²) in [7, 11) is 0. The Hall–Kier alpha value is -3.35. The number of carbonyl (C=O) groups excluding carboxylic acids is 3. The second-order valence-corrected chi connectivity index (χ2v) is 7.59. The quantitative estimate of drug-likeness (QED) is 0.718. The van der Waals surface area contributed by atoms with Crippen molar-refractivity contribution in [2.75, 3.05) is 13.2 Å². The van der Waals surface area contributed by atoms with E-state index in [0.29, 0.717) is 25.2 Å². The lowest BCUT2D eigenvalue weighted by Crippen LogP contribution is -2.39. The van der Waals surface area contributed by atoms with Gasteiger partial charge in [-0.15, -0.1) is 0 Å². The maximum Gasteiger partial charge on any atom is 0.338 e. The molecular weight excluding hydrogens is 382 g/mol. The van der Waals surface area contributed by atoms with Crippen molar-refractivity contribution in [1.82, 2.24) is 15.5 Å². The van der Waals surface area contributed by atoms with Crippen LogP contribution in [-0.2, 0) is 29.0 Å². The molecule has 0 atom stereocenters. The number of nitrogens with zero attached hydrogens (tertiary/aromatic N) is 1. The van der Waals surface area contributed by atoms with Crippen LogP contribution < -0.4 is 10.6 Å². The Kier molecular flexibility index (Phi) is 7.06. The molecule has 0 saturated heterocycles. The predicted molar refractivity (Wildman–Crippen MR) is 113 cm³/mol. The molecule has 0 bridgehead atoms. The topological polar surface area (TPSA) is 87.7 Å². The van der Waals surface area contributed by atoms with Gasteiger partial charge >= 0.3 is 12.0 Å². The smallest absolute Gasteiger partial charge is 0.338 e. The standard InChI is InChI=1S/C23H27N3O4/c1-16(2)25-23(29)24-13-17-7-9-19(10-8-17)22(28)30-15-21(27)26-12-11-18-5-3-4-6-20(18)14-26/h3-10,16H,11-15H2,1-2H3,(H2,24,25,29). The normalized spacial score (nSPS) is 12.8. The number of benzene rings is 2. The van der Waals surface area contributed by atoms with E-state index in [1.54, 1.807) is 29.2 Å². The summed E-state index contributed by atoms with van der Waals surface area (Å²) in [6.45, 7) is 5.00. The molecule has 7 heteroatoms. The molecule has 1 aliphatic rings. The Labute approximate surface area is 176 Å². The van der Waals surface area contributed by atoms with E-state index >= 15 is 0 Å². The van der Waals surface area contributed by atoms with Crippen LogP contribution in [-0.4, -0.2) is 42.0 Å². The minimum absolute atomic E-state index is 0.0598. The van der Waals surface area contributed by atoms with Crippen LogP contribution in [0.2, 0.25) is 0 Å². The Balaban J connectivity index is 1.46. The van der Waals surface area contributed by atoms with E-state index < -0.39 is 5.97 Å². The van der Waals surface area contributed by atoms with Gasteiger partial charge in [-0.2, -0.15) is 0 Å². The molecule has 0 radical (unpaired) electrons. The van der Waals surface area contributed by atoms with E-state index in [4.69, 9.17) is 4.74 Å². The molecule has 0 unspecified atom stereocenters. The molecule has 158 valence electrons. The highest BCUT2D eigenvalue weighted by Gasteiger charge is 2.21. The number of fused-ring (bicyclic) bond motifs is 1. The lowest BCUT2D eigenvalue weighted by Gasteiger charge is -2.28. The fourth-order valence-electron chi connectivity index (χ4n) is 3.26. The molecule has 3 amide bonds. The van der Waals surface area contributed by atoms with Gasteiger partial charge in [-0.25, -0.2) is 9.59 Å². The molecule has 2 aromatic carbocycles. The number of nitrogens with one attached hydrogen (secondary N) is 2. The van der Waals surface area contributed by atoms with Gasteiger partial charge < -0.3 is 20.3 Å². The van der Waals surface area contributed by atoms with Crippen LogP contribution >= 0.6 is 0 Å². The van der Waals surface area contributed by atoms with E-state index in [0.717, 1.165) is 17.5 Å². The first-order chi connectivity index (χ1) is 14.4. The van der Waals surface area contributed by atoms with Crippen molar-refractivity contribution < 1.29 is 19.1 Å². The van der Waals surface area contributed by atoms with E-state index in [1.165, 1.54) is 5.56 Å². The first kappa shape index (κ1) is 21.4. The molecule has 0 spiro atoms. The monoisotopic (exact) mass is 409 g/mol. The Bertz CT molecular complexity index is 909. The van der Waals surface area contributed by atoms with Crippen molar-refractivity contribution >= 4 is 17.9 Å². The molecule has 0 aliphatic carbocycles. The van der Waals surface area contributed by atoms with Gasteiger partial charge in [0.25, 0.3) is 5.91 Å². The van der Waals surface area contributed by atoms with E-state index in [2.05, 4.69) is 16.7 Å². The number of rotatable bonds is 6. The summed E-state index contributed by atoms with van der Waals surface area (Å²) in [5.41, 5.74) is 3.61. The highest BCUT2D eigenvalue weighted by atomic mass is 16.5. The molecule has 0 aromatic heterocycles. The first-order valence-electron chi connectivity index (χ1n) is 10.1. The van der Waals surface area contributed by atoms with Gasteiger partial charge in [0.2, 0.25) is 0 Å². The number of ether oxygens (including phenoxy) is 1. The highest BCUT2D eigenvalue weighted by molar-refractivity contribution is 5.91. The van der Waals surface area contributed by atoms with Crippen molar-refractivity contribution in [3.63, 3.8) is 0 Å². The minimum atomic E-state index is -0.544. The fraction of sp³-hybridized carbons (Fsp3) is 0.348. The van der Waals surface area contributed by atoms with Gasteiger partial charge in [0.1, 0.15) is 0 Å². The fourth-order valence-corrected chi connectivity index (χ4v) is 3.26. The zero-order valence-electron chi connectivity index (χ0n) is 17.3. The van der Waals surface area contributed by atoms with E-state index in [9.17, 15) is 14.4 Å². The average Bonchev–Trinajstić information content (AvgIpc) is 2.75. The first-order valence-corrected chi connectivity index (χ1v) is 10.1. The molecule has 3 rings (SSSR count). The molecule has 30 heavy (non-hydrogen) atoms. The van der Waals surface area contributed by atoms with Crippen LogP contribution in [0.15, 0.2) is 48.5 Å². The molecular formula is C23H27N3O4. The minimum Gasteiger partial charge on any atom is -0.452 e. The number of esters is 1. The molecule has 0 saturated carbocycles. The highest BCUT2D eigenvalue weighted by Crippen LogP contribution is 2.18. The average molecular weight is 409 g/mol. The number of urea groups is 1. The number of hydrogen-bond donors (Lipinski definition) is 2. The molecule has 2 aromatic rings. The Morgan fingerprint density at radius 3 is 2.43 bits per heavy atom. The van der Waals surface area contributed by atoms with E-state index in [1.807, 2.05) is 32.0 Å². The molecule has 0 fully saturated rings. The van der Waals surface area contributed by atoms with Crippen LogP contribution in [0.1, 0.15) is 40.9 Å². The third-order valence-electron chi connectivity index (χ3n) is 4.87. The van der Waals surface area contributed by atoms with Crippen LogP contribution in [0.4, 0.5) is 4.79 Å². The zero-order chi connectivity index (χ0) is 21.5. The lowest BCUT2D eigenvalue weighted by molar-refractivity contribution is -0.135. The summed E-state index contributed by atoms with van der Waals surface area (Å²) < 4.78 is 5.20. The van der Waals surface area contributed by atoms with Crippen LogP contribution in [0.25, 0.3) is 0 Å². The maximum atomic E-state index is 12.4. The number of hydrogen-bond acceptors (Lipinski definition) is 4. The Morgan fingerprint density at radius 1 is 1.03 bits per heavy atom. The lowest BCUT2D eigenvalue weighted by atomic mass is 10.00. The van der Waals surface area contributed by atoms with Gasteiger partial charge in [0, 0.05) is 25.7 Å². The number of carbonyl (C=O) groups is 3. The molecule has 1 heterocycles. The van der Waals surface area contributed by atoms with Gasteiger partial charge in [-0.3, -0.25) is 4.79 Å². The van der Waals surface area contributed by atoms with Crippen LogP contribution in [0.5, 0.6) is 0 Å². The predicted octanol–water partition coefficient (Wildman–Crippen LogP) is 2.64. The summed E-state index contributed by atoms with van der Waals surface area (Å²) in [5.74, 6) is -0.743. The third-order valence-corrected chi connectivity index (χ3v) is 4.87. The summed E-state index contributed by atoms with van der Waals surface area (Å²) in [6.07, 6.45) is 0.806. The van der Waals surface area contributed by atoms with Crippen LogP contribution in [0, 0.1) is 0 Å². The molecule has 1 aliphatic heterocycles. The molecule has 2 N–H and O–H groups in total. The summed E-state index contributed by atoms with van der Waals surface area (Å²) >= 11 is 0. The number of amides is 3. The van der Waals surface area contributed by atoms with Gasteiger partial charge in [0.15, 0.2) is 6.61 Å². The van der Waals surface area contributed by atoms with E-state index in [-0.39, 0.29) is 24.6 Å². The maximum absolute atomic E-state index is 12.4. The zero-order valence-corrected chi connectivity index (χ0v) is 17.3. The van der Waals surface area contributed by atoms with Crippen molar-refractivity contribution in [3.05, 3.63) is 70.8 Å². The van der Waals surface area contributed by atoms with Crippen molar-refractivity contribution in [2.24, 2.45) is 0 Å². The second-order valence-electron chi connectivity index (χ2n) is 7.59. The SMILES string of the molecule is CC(C)NC(=O)NCc1ccc(C(=O)OCC(=O)N2CCc3ccccc3C2)cc1. The second kappa shape index (κ2) is 9.91. The third kappa shape index (κ3) is 5.83. The summed E-state index contributed by atoms with van der Waals surface area (Å²) in [5, 5.41) is 5.49. The van der Waals surface area contributed by atoms with Gasteiger partial charge in [0.05, 0.1) is 5.56 Å². The largest absolute Gasteiger partial charge is 0.452 e.